The first-order valence-electron chi connectivity index (χ1n) is 9.19. The third-order valence-corrected chi connectivity index (χ3v) is 5.33. The lowest BCUT2D eigenvalue weighted by atomic mass is 10.1. The van der Waals surface area contributed by atoms with Gasteiger partial charge in [-0.3, -0.25) is 24.1 Å². The number of imide groups is 1. The zero-order chi connectivity index (χ0) is 19.1. The van der Waals surface area contributed by atoms with Gasteiger partial charge in [-0.1, -0.05) is 6.92 Å². The number of rotatable bonds is 4. The standard InChI is InChI=1S/C17H27N3O5S/c1-3-8-18(4-2)15(22)13-12-26-25-11-14(21)20(13)17(24)16(23)19-9-6-5-7-10-19/h13H,3-12H2,1-2H3. The van der Waals surface area contributed by atoms with Crippen molar-refractivity contribution in [3.8, 4) is 0 Å². The molecule has 0 N–H and O–H groups in total. The summed E-state index contributed by atoms with van der Waals surface area (Å²) in [5.41, 5.74) is 0. The molecular weight excluding hydrogens is 358 g/mol. The Kier molecular flexibility index (Phi) is 7.89. The van der Waals surface area contributed by atoms with Gasteiger partial charge in [-0.15, -0.1) is 0 Å². The van der Waals surface area contributed by atoms with Crippen LogP contribution in [0.2, 0.25) is 0 Å². The van der Waals surface area contributed by atoms with E-state index in [1.807, 2.05) is 13.8 Å². The van der Waals surface area contributed by atoms with Gasteiger partial charge in [-0.2, -0.15) is 0 Å². The molecule has 2 aliphatic rings. The van der Waals surface area contributed by atoms with Gasteiger partial charge in [0, 0.05) is 31.9 Å². The molecule has 0 aliphatic carbocycles. The minimum atomic E-state index is -1.01. The minimum absolute atomic E-state index is 0.129. The minimum Gasteiger partial charge on any atom is -0.341 e. The summed E-state index contributed by atoms with van der Waals surface area (Å²) in [5, 5.41) is 0. The largest absolute Gasteiger partial charge is 0.341 e. The van der Waals surface area contributed by atoms with Crippen molar-refractivity contribution in [2.45, 2.75) is 45.6 Å². The number of hydrogen-bond donors (Lipinski definition) is 0. The van der Waals surface area contributed by atoms with E-state index in [0.717, 1.165) is 42.6 Å². The Labute approximate surface area is 158 Å². The van der Waals surface area contributed by atoms with E-state index < -0.39 is 23.8 Å². The molecule has 0 radical (unpaired) electrons. The van der Waals surface area contributed by atoms with Gasteiger partial charge >= 0.3 is 11.8 Å². The number of carbonyl (C=O) groups excluding carboxylic acids is 4. The van der Waals surface area contributed by atoms with Crippen molar-refractivity contribution in [1.82, 2.24) is 14.7 Å². The van der Waals surface area contributed by atoms with Crippen LogP contribution in [0.25, 0.3) is 0 Å². The van der Waals surface area contributed by atoms with Crippen LogP contribution in [0, 0.1) is 0 Å². The van der Waals surface area contributed by atoms with Crippen LogP contribution in [-0.2, 0) is 23.4 Å². The molecule has 4 amide bonds. The van der Waals surface area contributed by atoms with E-state index in [2.05, 4.69) is 0 Å². The fraction of sp³-hybridized carbons (Fsp3) is 0.765. The van der Waals surface area contributed by atoms with Gasteiger partial charge in [0.15, 0.2) is 0 Å². The van der Waals surface area contributed by atoms with Crippen molar-refractivity contribution in [2.24, 2.45) is 0 Å². The summed E-state index contributed by atoms with van der Waals surface area (Å²) >= 11 is 0.983. The average Bonchev–Trinajstić information content (AvgIpc) is 2.86. The number of carbonyl (C=O) groups is 4. The molecule has 0 aromatic carbocycles. The number of hydrogen-bond acceptors (Lipinski definition) is 6. The molecule has 0 aromatic heterocycles. The maximum Gasteiger partial charge on any atom is 0.319 e. The van der Waals surface area contributed by atoms with Crippen LogP contribution in [0.3, 0.4) is 0 Å². The van der Waals surface area contributed by atoms with E-state index >= 15 is 0 Å². The first-order valence-corrected chi connectivity index (χ1v) is 10.1. The third-order valence-electron chi connectivity index (χ3n) is 4.59. The Morgan fingerprint density at radius 2 is 1.85 bits per heavy atom. The van der Waals surface area contributed by atoms with Gasteiger partial charge in [0.25, 0.3) is 5.91 Å². The molecule has 2 rings (SSSR count). The zero-order valence-electron chi connectivity index (χ0n) is 15.4. The van der Waals surface area contributed by atoms with Gasteiger partial charge in [0.2, 0.25) is 5.91 Å². The highest BCUT2D eigenvalue weighted by Crippen LogP contribution is 2.20. The predicted molar refractivity (Wildman–Crippen MR) is 97.0 cm³/mol. The Morgan fingerprint density at radius 1 is 1.15 bits per heavy atom. The first-order chi connectivity index (χ1) is 12.5. The third kappa shape index (κ3) is 4.76. The van der Waals surface area contributed by atoms with Gasteiger partial charge in [-0.05, 0) is 44.6 Å². The van der Waals surface area contributed by atoms with Crippen LogP contribution < -0.4 is 0 Å². The van der Waals surface area contributed by atoms with E-state index in [4.69, 9.17) is 4.18 Å². The maximum absolute atomic E-state index is 12.9. The summed E-state index contributed by atoms with van der Waals surface area (Å²) in [6.07, 6.45) is 3.47. The fourth-order valence-corrected chi connectivity index (χ4v) is 3.90. The van der Waals surface area contributed by atoms with Crippen LogP contribution in [0.5, 0.6) is 0 Å². The Balaban J connectivity index is 2.23. The van der Waals surface area contributed by atoms with Crippen LogP contribution in [-0.4, -0.2) is 82.9 Å². The molecule has 0 spiro atoms. The van der Waals surface area contributed by atoms with E-state index in [1.54, 1.807) is 4.90 Å². The smallest absolute Gasteiger partial charge is 0.319 e. The van der Waals surface area contributed by atoms with E-state index in [9.17, 15) is 19.2 Å². The lowest BCUT2D eigenvalue weighted by molar-refractivity contribution is -0.162. The number of piperidine rings is 1. The molecule has 0 saturated carbocycles. The van der Waals surface area contributed by atoms with Crippen molar-refractivity contribution in [3.63, 3.8) is 0 Å². The molecular formula is C17H27N3O5S. The van der Waals surface area contributed by atoms with Gasteiger partial charge in [0.05, 0.1) is 0 Å². The summed E-state index contributed by atoms with van der Waals surface area (Å²) in [5.74, 6) is -2.46. The molecule has 146 valence electrons. The molecule has 26 heavy (non-hydrogen) atoms. The quantitative estimate of drug-likeness (QED) is 0.522. The highest BCUT2D eigenvalue weighted by atomic mass is 32.2. The first kappa shape index (κ1) is 20.7. The Morgan fingerprint density at radius 3 is 2.46 bits per heavy atom. The Bertz CT molecular complexity index is 551. The predicted octanol–water partition coefficient (Wildman–Crippen LogP) is 0.660. The molecule has 8 nitrogen and oxygen atoms in total. The topological polar surface area (TPSA) is 87.2 Å². The normalized spacial score (nSPS) is 21.3. The van der Waals surface area contributed by atoms with Crippen LogP contribution in [0.1, 0.15) is 39.5 Å². The number of likely N-dealkylation sites (tertiary alicyclic amines) is 1. The molecule has 2 saturated heterocycles. The van der Waals surface area contributed by atoms with Crippen molar-refractivity contribution in [3.05, 3.63) is 0 Å². The SMILES string of the molecule is CCCN(CC)C(=O)C1CSOCC(=O)N1C(=O)C(=O)N1CCCCC1. The Hall–Kier alpha value is -1.61. The molecule has 9 heteroatoms. The monoisotopic (exact) mass is 385 g/mol. The molecule has 1 atom stereocenters. The fourth-order valence-electron chi connectivity index (χ4n) is 3.20. The van der Waals surface area contributed by atoms with Gasteiger partial charge in [0.1, 0.15) is 12.6 Å². The lowest BCUT2D eigenvalue weighted by Gasteiger charge is -2.33. The molecule has 2 aliphatic heterocycles. The molecule has 1 unspecified atom stereocenters. The van der Waals surface area contributed by atoms with Gasteiger partial charge < -0.3 is 14.0 Å². The second-order valence-electron chi connectivity index (χ2n) is 6.40. The van der Waals surface area contributed by atoms with E-state index in [0.29, 0.717) is 26.2 Å². The maximum atomic E-state index is 12.9. The second-order valence-corrected chi connectivity index (χ2v) is 7.21. The summed E-state index contributed by atoms with van der Waals surface area (Å²) in [4.78, 5) is 54.7. The molecule has 0 aromatic rings. The number of likely N-dealkylation sites (N-methyl/N-ethyl adjacent to an activating group) is 1. The summed E-state index contributed by atoms with van der Waals surface area (Å²) < 4.78 is 5.14. The zero-order valence-corrected chi connectivity index (χ0v) is 16.3. The van der Waals surface area contributed by atoms with Crippen molar-refractivity contribution >= 4 is 35.7 Å². The van der Waals surface area contributed by atoms with E-state index in [1.165, 1.54) is 4.90 Å². The van der Waals surface area contributed by atoms with Crippen LogP contribution >= 0.6 is 12.0 Å². The number of nitrogens with zero attached hydrogens (tertiary/aromatic N) is 3. The lowest BCUT2D eigenvalue weighted by Crippen LogP contribution is -2.58. The van der Waals surface area contributed by atoms with Gasteiger partial charge in [-0.25, -0.2) is 0 Å². The second kappa shape index (κ2) is 9.91. The molecule has 0 bridgehead atoms. The highest BCUT2D eigenvalue weighted by Gasteiger charge is 2.42. The van der Waals surface area contributed by atoms with Crippen LogP contribution in [0.15, 0.2) is 0 Å². The summed E-state index contributed by atoms with van der Waals surface area (Å²) in [6, 6.07) is -1.01. The molecule has 2 fully saturated rings. The highest BCUT2D eigenvalue weighted by molar-refractivity contribution is 7.94. The molecule has 2 heterocycles. The number of amides is 4. The average molecular weight is 385 g/mol. The van der Waals surface area contributed by atoms with Crippen molar-refractivity contribution in [2.75, 3.05) is 38.5 Å². The van der Waals surface area contributed by atoms with E-state index in [-0.39, 0.29) is 18.3 Å². The van der Waals surface area contributed by atoms with Crippen molar-refractivity contribution < 1.29 is 23.4 Å². The van der Waals surface area contributed by atoms with Crippen LogP contribution in [0.4, 0.5) is 0 Å². The summed E-state index contributed by atoms with van der Waals surface area (Å²) in [6.45, 7) is 5.50. The van der Waals surface area contributed by atoms with Crippen molar-refractivity contribution in [1.29, 1.82) is 0 Å². The summed E-state index contributed by atoms with van der Waals surface area (Å²) in [7, 11) is 0.